The van der Waals surface area contributed by atoms with E-state index in [1.54, 1.807) is 12.1 Å². The Hall–Kier alpha value is -0.930. The highest BCUT2D eigenvalue weighted by atomic mass is 19.1. The maximum Gasteiger partial charge on any atom is 0.123 e. The molecule has 1 aliphatic carbocycles. The fraction of sp³-hybridized carbons (Fsp3) is 0.667. The molecule has 1 aliphatic heterocycles. The molecule has 2 atom stereocenters. The number of rotatable bonds is 3. The molecule has 1 saturated heterocycles. The fourth-order valence-electron chi connectivity index (χ4n) is 3.94. The average Bonchev–Trinajstić information content (AvgIpc) is 2.48. The molecular weight excluding hydrogens is 265 g/mol. The van der Waals surface area contributed by atoms with Crippen LogP contribution >= 0.6 is 0 Å². The van der Waals surface area contributed by atoms with Gasteiger partial charge in [-0.3, -0.25) is 0 Å². The zero-order valence-corrected chi connectivity index (χ0v) is 12.9. The molecule has 1 aromatic carbocycles. The predicted octanol–water partition coefficient (Wildman–Crippen LogP) is 4.36. The van der Waals surface area contributed by atoms with Gasteiger partial charge < -0.3 is 10.1 Å². The van der Waals surface area contributed by atoms with Gasteiger partial charge in [-0.1, -0.05) is 31.4 Å². The van der Waals surface area contributed by atoms with Crippen molar-refractivity contribution in [3.63, 3.8) is 0 Å². The molecule has 1 N–H and O–H groups in total. The van der Waals surface area contributed by atoms with Gasteiger partial charge in [0, 0.05) is 18.7 Å². The highest BCUT2D eigenvalue weighted by Gasteiger charge is 2.38. The number of halogens is 1. The predicted molar refractivity (Wildman–Crippen MR) is 82.7 cm³/mol. The zero-order valence-electron chi connectivity index (χ0n) is 12.9. The van der Waals surface area contributed by atoms with E-state index in [1.807, 2.05) is 6.07 Å². The Morgan fingerprint density at radius 2 is 2.10 bits per heavy atom. The summed E-state index contributed by atoms with van der Waals surface area (Å²) in [5, 5.41) is 3.69. The second kappa shape index (κ2) is 6.45. The molecule has 2 nitrogen and oxygen atoms in total. The average molecular weight is 291 g/mol. The minimum absolute atomic E-state index is 0.121. The van der Waals surface area contributed by atoms with Gasteiger partial charge in [-0.05, 0) is 50.3 Å². The largest absolute Gasteiger partial charge is 0.375 e. The Labute approximate surface area is 127 Å². The Morgan fingerprint density at radius 1 is 1.29 bits per heavy atom. The first-order valence-corrected chi connectivity index (χ1v) is 8.32. The Kier molecular flexibility index (Phi) is 4.60. The monoisotopic (exact) mass is 291 g/mol. The van der Waals surface area contributed by atoms with Crippen molar-refractivity contribution in [3.8, 4) is 0 Å². The van der Waals surface area contributed by atoms with Gasteiger partial charge in [-0.15, -0.1) is 0 Å². The lowest BCUT2D eigenvalue weighted by molar-refractivity contribution is -0.110. The van der Waals surface area contributed by atoms with Crippen molar-refractivity contribution in [2.75, 3.05) is 6.61 Å². The molecule has 1 spiro atoms. The molecule has 1 aromatic rings. The van der Waals surface area contributed by atoms with E-state index in [1.165, 1.54) is 38.2 Å². The molecule has 3 heteroatoms. The van der Waals surface area contributed by atoms with Crippen LogP contribution in [0, 0.1) is 5.82 Å². The Bertz CT molecular complexity index is 465. The maximum absolute atomic E-state index is 13.3. The van der Waals surface area contributed by atoms with Crippen LogP contribution < -0.4 is 5.32 Å². The third kappa shape index (κ3) is 3.64. The van der Waals surface area contributed by atoms with Crippen LogP contribution in [0.4, 0.5) is 4.39 Å². The van der Waals surface area contributed by atoms with Crippen LogP contribution in [-0.4, -0.2) is 18.2 Å². The molecule has 21 heavy (non-hydrogen) atoms. The molecule has 0 bridgehead atoms. The molecule has 0 amide bonds. The molecule has 1 heterocycles. The first-order valence-electron chi connectivity index (χ1n) is 8.32. The molecule has 0 radical (unpaired) electrons. The van der Waals surface area contributed by atoms with Crippen molar-refractivity contribution in [2.45, 2.75) is 69.6 Å². The van der Waals surface area contributed by atoms with Crippen molar-refractivity contribution in [1.82, 2.24) is 5.32 Å². The summed E-state index contributed by atoms with van der Waals surface area (Å²) in [7, 11) is 0. The smallest absolute Gasteiger partial charge is 0.123 e. The van der Waals surface area contributed by atoms with E-state index < -0.39 is 0 Å². The number of nitrogens with one attached hydrogen (secondary N) is 1. The normalized spacial score (nSPS) is 26.7. The van der Waals surface area contributed by atoms with Gasteiger partial charge in [0.1, 0.15) is 5.82 Å². The summed E-state index contributed by atoms with van der Waals surface area (Å²) in [5.74, 6) is -0.156. The second-order valence-electron chi connectivity index (χ2n) is 6.73. The number of ether oxygens (including phenoxy) is 1. The lowest BCUT2D eigenvalue weighted by atomic mass is 9.78. The van der Waals surface area contributed by atoms with Crippen LogP contribution in [-0.2, 0) is 4.74 Å². The standard InChI is InChI=1S/C18H26FNO/c1-14(15-6-5-7-16(19)12-15)20-17-8-11-21-18(13-17)9-3-2-4-10-18/h5-7,12,14,17,20H,2-4,8-11,13H2,1H3. The van der Waals surface area contributed by atoms with Gasteiger partial charge >= 0.3 is 0 Å². The molecule has 1 saturated carbocycles. The summed E-state index contributed by atoms with van der Waals surface area (Å²) in [6.07, 6.45) is 8.52. The lowest BCUT2D eigenvalue weighted by Gasteiger charge is -2.44. The van der Waals surface area contributed by atoms with Crippen molar-refractivity contribution >= 4 is 0 Å². The van der Waals surface area contributed by atoms with E-state index in [2.05, 4.69) is 12.2 Å². The van der Waals surface area contributed by atoms with E-state index in [9.17, 15) is 4.39 Å². The minimum Gasteiger partial charge on any atom is -0.375 e. The Morgan fingerprint density at radius 3 is 2.86 bits per heavy atom. The molecule has 2 unspecified atom stereocenters. The van der Waals surface area contributed by atoms with E-state index in [4.69, 9.17) is 4.74 Å². The molecular formula is C18H26FNO. The van der Waals surface area contributed by atoms with Crippen LogP contribution in [0.15, 0.2) is 24.3 Å². The van der Waals surface area contributed by atoms with Gasteiger partial charge in [0.05, 0.1) is 5.60 Å². The lowest BCUT2D eigenvalue weighted by Crippen LogP contribution is -2.48. The van der Waals surface area contributed by atoms with Crippen LogP contribution in [0.1, 0.15) is 63.5 Å². The van der Waals surface area contributed by atoms with Crippen molar-refractivity contribution < 1.29 is 9.13 Å². The SMILES string of the molecule is CC(NC1CCOC2(CCCCC2)C1)c1cccc(F)c1. The topological polar surface area (TPSA) is 21.3 Å². The summed E-state index contributed by atoms with van der Waals surface area (Å²) < 4.78 is 19.5. The highest BCUT2D eigenvalue weighted by molar-refractivity contribution is 5.19. The van der Waals surface area contributed by atoms with Crippen molar-refractivity contribution in [2.24, 2.45) is 0 Å². The maximum atomic E-state index is 13.3. The van der Waals surface area contributed by atoms with Crippen LogP contribution in [0.25, 0.3) is 0 Å². The Balaban J connectivity index is 1.61. The quantitative estimate of drug-likeness (QED) is 0.893. The van der Waals surface area contributed by atoms with E-state index in [0.717, 1.165) is 25.0 Å². The summed E-state index contributed by atoms with van der Waals surface area (Å²) >= 11 is 0. The number of hydrogen-bond donors (Lipinski definition) is 1. The van der Waals surface area contributed by atoms with E-state index in [0.29, 0.717) is 6.04 Å². The molecule has 3 rings (SSSR count). The van der Waals surface area contributed by atoms with Crippen molar-refractivity contribution in [1.29, 1.82) is 0 Å². The summed E-state index contributed by atoms with van der Waals surface area (Å²) in [6, 6.07) is 7.58. The summed E-state index contributed by atoms with van der Waals surface area (Å²) in [5.41, 5.74) is 1.15. The van der Waals surface area contributed by atoms with Crippen LogP contribution in [0.5, 0.6) is 0 Å². The van der Waals surface area contributed by atoms with Gasteiger partial charge in [-0.25, -0.2) is 4.39 Å². The number of hydrogen-bond acceptors (Lipinski definition) is 2. The molecule has 116 valence electrons. The fourth-order valence-corrected chi connectivity index (χ4v) is 3.94. The van der Waals surface area contributed by atoms with E-state index in [-0.39, 0.29) is 17.5 Å². The van der Waals surface area contributed by atoms with Gasteiger partial charge in [0.25, 0.3) is 0 Å². The highest BCUT2D eigenvalue weighted by Crippen LogP contribution is 2.39. The first kappa shape index (κ1) is 15.0. The number of benzene rings is 1. The third-order valence-electron chi connectivity index (χ3n) is 5.09. The molecule has 2 aliphatic rings. The van der Waals surface area contributed by atoms with Crippen LogP contribution in [0.3, 0.4) is 0 Å². The van der Waals surface area contributed by atoms with Gasteiger partial charge in [-0.2, -0.15) is 0 Å². The zero-order chi connectivity index (χ0) is 14.7. The minimum atomic E-state index is -0.156. The molecule has 0 aromatic heterocycles. The third-order valence-corrected chi connectivity index (χ3v) is 5.09. The molecule has 2 fully saturated rings. The van der Waals surface area contributed by atoms with Gasteiger partial charge in [0.2, 0.25) is 0 Å². The van der Waals surface area contributed by atoms with Crippen molar-refractivity contribution in [3.05, 3.63) is 35.6 Å². The van der Waals surface area contributed by atoms with Crippen LogP contribution in [0.2, 0.25) is 0 Å². The summed E-state index contributed by atoms with van der Waals surface area (Å²) in [4.78, 5) is 0. The second-order valence-corrected chi connectivity index (χ2v) is 6.73. The first-order chi connectivity index (χ1) is 10.2. The summed E-state index contributed by atoms with van der Waals surface area (Å²) in [6.45, 7) is 2.98. The van der Waals surface area contributed by atoms with E-state index >= 15 is 0 Å². The van der Waals surface area contributed by atoms with Gasteiger partial charge in [0.15, 0.2) is 0 Å².